The standard InChI is InChI=1S/C31H27N3O2S/c1-21-8-13-24(14-9-21)31-32-28-18-23(3)12-17-30(28)33(31)19-25-20-34(29-7-5-4-6-27(25)29)37(35,36)26-15-10-22(2)11-16-26/h4-18,20H,19H2,1-3H3. The molecule has 184 valence electrons. The first-order chi connectivity index (χ1) is 17.8. The lowest BCUT2D eigenvalue weighted by atomic mass is 10.1. The summed E-state index contributed by atoms with van der Waals surface area (Å²) >= 11 is 0. The van der Waals surface area contributed by atoms with Crippen LogP contribution < -0.4 is 0 Å². The average molecular weight is 506 g/mol. The summed E-state index contributed by atoms with van der Waals surface area (Å²) in [6.45, 7) is 6.56. The molecule has 5 nitrogen and oxygen atoms in total. The molecule has 0 aliphatic carbocycles. The normalized spacial score (nSPS) is 12.0. The monoisotopic (exact) mass is 505 g/mol. The lowest BCUT2D eigenvalue weighted by Crippen LogP contribution is -2.12. The number of benzene rings is 4. The molecule has 6 heteroatoms. The van der Waals surface area contributed by atoms with Gasteiger partial charge >= 0.3 is 0 Å². The van der Waals surface area contributed by atoms with Crippen LogP contribution in [0.25, 0.3) is 33.3 Å². The maximum atomic E-state index is 13.7. The highest BCUT2D eigenvalue weighted by atomic mass is 32.2. The molecule has 4 aromatic carbocycles. The van der Waals surface area contributed by atoms with Crippen LogP contribution in [-0.2, 0) is 16.6 Å². The van der Waals surface area contributed by atoms with Gasteiger partial charge in [-0.1, -0.05) is 71.8 Å². The van der Waals surface area contributed by atoms with Gasteiger partial charge in [-0.25, -0.2) is 17.4 Å². The maximum Gasteiger partial charge on any atom is 0.268 e. The van der Waals surface area contributed by atoms with Crippen molar-refractivity contribution in [1.29, 1.82) is 0 Å². The molecule has 37 heavy (non-hydrogen) atoms. The predicted octanol–water partition coefficient (Wildman–Crippen LogP) is 6.87. The third-order valence-electron chi connectivity index (χ3n) is 6.88. The van der Waals surface area contributed by atoms with Gasteiger partial charge in [-0.15, -0.1) is 0 Å². The van der Waals surface area contributed by atoms with Gasteiger partial charge in [0.2, 0.25) is 0 Å². The first kappa shape index (κ1) is 23.3. The lowest BCUT2D eigenvalue weighted by Gasteiger charge is -2.10. The number of para-hydroxylation sites is 1. The summed E-state index contributed by atoms with van der Waals surface area (Å²) in [7, 11) is -3.76. The highest BCUT2D eigenvalue weighted by molar-refractivity contribution is 7.90. The number of imidazole rings is 1. The summed E-state index contributed by atoms with van der Waals surface area (Å²) in [6, 6.07) is 29.3. The second-order valence-electron chi connectivity index (χ2n) is 9.67. The quantitative estimate of drug-likeness (QED) is 0.257. The average Bonchev–Trinajstić information content (AvgIpc) is 3.44. The Morgan fingerprint density at radius 3 is 2.11 bits per heavy atom. The number of rotatable bonds is 5. The lowest BCUT2D eigenvalue weighted by molar-refractivity contribution is 0.589. The summed E-state index contributed by atoms with van der Waals surface area (Å²) in [4.78, 5) is 5.27. The maximum absolute atomic E-state index is 13.7. The summed E-state index contributed by atoms with van der Waals surface area (Å²) < 4.78 is 31.0. The van der Waals surface area contributed by atoms with E-state index in [4.69, 9.17) is 4.98 Å². The molecule has 6 aromatic rings. The fourth-order valence-electron chi connectivity index (χ4n) is 4.86. The zero-order valence-corrected chi connectivity index (χ0v) is 21.8. The zero-order chi connectivity index (χ0) is 25.7. The smallest absolute Gasteiger partial charge is 0.268 e. The molecule has 0 bridgehead atoms. The first-order valence-corrected chi connectivity index (χ1v) is 13.7. The number of nitrogens with zero attached hydrogens (tertiary/aromatic N) is 3. The Balaban J connectivity index is 1.54. The van der Waals surface area contributed by atoms with Gasteiger partial charge in [-0.3, -0.25) is 0 Å². The van der Waals surface area contributed by atoms with E-state index in [1.54, 1.807) is 18.3 Å². The Kier molecular flexibility index (Phi) is 5.50. The molecule has 2 aromatic heterocycles. The minimum absolute atomic E-state index is 0.273. The highest BCUT2D eigenvalue weighted by Crippen LogP contribution is 2.31. The second-order valence-corrected chi connectivity index (χ2v) is 11.5. The second kappa shape index (κ2) is 8.75. The van der Waals surface area contributed by atoms with Crippen molar-refractivity contribution in [2.24, 2.45) is 0 Å². The van der Waals surface area contributed by atoms with Gasteiger partial charge in [0.1, 0.15) is 5.82 Å². The van der Waals surface area contributed by atoms with Crippen molar-refractivity contribution >= 4 is 32.0 Å². The Morgan fingerprint density at radius 1 is 0.730 bits per heavy atom. The van der Waals surface area contributed by atoms with Crippen molar-refractivity contribution in [2.75, 3.05) is 0 Å². The van der Waals surface area contributed by atoms with Crippen LogP contribution in [0.15, 0.2) is 102 Å². The Bertz CT molecular complexity index is 1880. The van der Waals surface area contributed by atoms with Crippen molar-refractivity contribution in [3.63, 3.8) is 0 Å². The van der Waals surface area contributed by atoms with Gasteiger partial charge in [-0.2, -0.15) is 0 Å². The van der Waals surface area contributed by atoms with E-state index < -0.39 is 10.0 Å². The largest absolute Gasteiger partial charge is 0.319 e. The van der Waals surface area contributed by atoms with Crippen LogP contribution in [0.4, 0.5) is 0 Å². The summed E-state index contributed by atoms with van der Waals surface area (Å²) in [5, 5.41) is 0.905. The third-order valence-corrected chi connectivity index (χ3v) is 8.57. The van der Waals surface area contributed by atoms with Gasteiger partial charge in [0.05, 0.1) is 28.0 Å². The fraction of sp³-hybridized carbons (Fsp3) is 0.129. The molecule has 0 N–H and O–H groups in total. The van der Waals surface area contributed by atoms with Crippen LogP contribution in [0, 0.1) is 20.8 Å². The van der Waals surface area contributed by atoms with Crippen LogP contribution in [-0.4, -0.2) is 21.9 Å². The molecule has 2 heterocycles. The third kappa shape index (κ3) is 4.03. The summed E-state index contributed by atoms with van der Waals surface area (Å²) in [5.74, 6) is 0.860. The number of aryl methyl sites for hydroxylation is 3. The minimum atomic E-state index is -3.76. The van der Waals surface area contributed by atoms with E-state index in [-0.39, 0.29) is 4.90 Å². The van der Waals surface area contributed by atoms with E-state index in [9.17, 15) is 8.42 Å². The molecule has 0 unspecified atom stereocenters. The van der Waals surface area contributed by atoms with Gasteiger partial charge in [-0.05, 0) is 62.2 Å². The van der Waals surface area contributed by atoms with E-state index in [0.717, 1.165) is 44.5 Å². The van der Waals surface area contributed by atoms with Crippen LogP contribution >= 0.6 is 0 Å². The van der Waals surface area contributed by atoms with Gasteiger partial charge in [0, 0.05) is 17.1 Å². The van der Waals surface area contributed by atoms with Gasteiger partial charge < -0.3 is 4.57 Å². The topological polar surface area (TPSA) is 56.9 Å². The van der Waals surface area contributed by atoms with Crippen LogP contribution in [0.1, 0.15) is 22.3 Å². The molecular weight excluding hydrogens is 478 g/mol. The first-order valence-electron chi connectivity index (χ1n) is 12.3. The molecule has 0 saturated carbocycles. The molecule has 0 atom stereocenters. The van der Waals surface area contributed by atoms with E-state index in [1.165, 1.54) is 9.54 Å². The van der Waals surface area contributed by atoms with E-state index in [1.807, 2.05) is 43.3 Å². The van der Waals surface area contributed by atoms with E-state index >= 15 is 0 Å². The number of hydrogen-bond acceptors (Lipinski definition) is 3. The molecule has 0 aliphatic rings. The fourth-order valence-corrected chi connectivity index (χ4v) is 6.25. The van der Waals surface area contributed by atoms with Crippen molar-refractivity contribution in [1.82, 2.24) is 13.5 Å². The van der Waals surface area contributed by atoms with Crippen molar-refractivity contribution in [3.8, 4) is 11.4 Å². The zero-order valence-electron chi connectivity index (χ0n) is 21.0. The van der Waals surface area contributed by atoms with E-state index in [2.05, 4.69) is 60.9 Å². The summed E-state index contributed by atoms with van der Waals surface area (Å²) in [6.07, 6.45) is 1.76. The molecule has 0 amide bonds. The molecule has 0 saturated heterocycles. The minimum Gasteiger partial charge on any atom is -0.319 e. The number of aromatic nitrogens is 3. The summed E-state index contributed by atoms with van der Waals surface area (Å²) in [5.41, 5.74) is 7.89. The number of hydrogen-bond donors (Lipinski definition) is 0. The van der Waals surface area contributed by atoms with Crippen LogP contribution in [0.5, 0.6) is 0 Å². The van der Waals surface area contributed by atoms with Gasteiger partial charge in [0.15, 0.2) is 0 Å². The SMILES string of the molecule is Cc1ccc(-c2nc3cc(C)ccc3n2Cc2cn(S(=O)(=O)c3ccc(C)cc3)c3ccccc23)cc1. The predicted molar refractivity (Wildman–Crippen MR) is 149 cm³/mol. The van der Waals surface area contributed by atoms with Crippen LogP contribution in [0.3, 0.4) is 0 Å². The van der Waals surface area contributed by atoms with Crippen molar-refractivity contribution < 1.29 is 8.42 Å². The van der Waals surface area contributed by atoms with E-state index in [0.29, 0.717) is 12.1 Å². The molecule has 0 fully saturated rings. The highest BCUT2D eigenvalue weighted by Gasteiger charge is 2.22. The Labute approximate surface area is 216 Å². The molecule has 0 aliphatic heterocycles. The Morgan fingerprint density at radius 2 is 1.38 bits per heavy atom. The van der Waals surface area contributed by atoms with Crippen LogP contribution in [0.2, 0.25) is 0 Å². The number of fused-ring (bicyclic) bond motifs is 2. The molecular formula is C31H27N3O2S. The molecule has 6 rings (SSSR count). The van der Waals surface area contributed by atoms with Gasteiger partial charge in [0.25, 0.3) is 10.0 Å². The molecule has 0 radical (unpaired) electrons. The Hall–Kier alpha value is -4.16. The molecule has 0 spiro atoms. The van der Waals surface area contributed by atoms with Crippen molar-refractivity contribution in [2.45, 2.75) is 32.2 Å². The van der Waals surface area contributed by atoms with Crippen molar-refractivity contribution in [3.05, 3.63) is 119 Å².